The lowest BCUT2D eigenvalue weighted by Gasteiger charge is -2.09. The molecule has 1 aromatic rings. The molecule has 1 amide bonds. The predicted octanol–water partition coefficient (Wildman–Crippen LogP) is 0.815. The third kappa shape index (κ3) is 4.85. The fourth-order valence-corrected chi connectivity index (χ4v) is 1.45. The highest BCUT2D eigenvalue weighted by Gasteiger charge is 2.03. The maximum atomic E-state index is 11.0. The van der Waals surface area contributed by atoms with Gasteiger partial charge in [-0.1, -0.05) is 18.2 Å². The zero-order valence-electron chi connectivity index (χ0n) is 10.4. The van der Waals surface area contributed by atoms with Crippen LogP contribution in [-0.4, -0.2) is 26.1 Å². The van der Waals surface area contributed by atoms with E-state index in [2.05, 4.69) is 10.6 Å². The van der Waals surface area contributed by atoms with Gasteiger partial charge in [-0.15, -0.1) is 0 Å². The number of nitrogens with one attached hydrogen (secondary N) is 2. The largest absolute Gasteiger partial charge is 0.478 e. The monoisotopic (exact) mass is 247 g/mol. The maximum absolute atomic E-state index is 11.0. The predicted molar refractivity (Wildman–Crippen MR) is 67.9 cm³/mol. The second-order valence-electron chi connectivity index (χ2n) is 3.65. The van der Waals surface area contributed by atoms with Gasteiger partial charge in [0.05, 0.1) is 0 Å². The molecule has 0 spiro atoms. The topological polar surface area (TPSA) is 74.2 Å². The molecule has 0 fully saturated rings. The molecule has 0 unspecified atom stereocenters. The van der Waals surface area contributed by atoms with E-state index in [9.17, 15) is 4.79 Å². The molecule has 0 bridgehead atoms. The van der Waals surface area contributed by atoms with Crippen LogP contribution < -0.4 is 15.4 Å². The zero-order valence-corrected chi connectivity index (χ0v) is 10.4. The third-order valence-corrected chi connectivity index (χ3v) is 2.39. The van der Waals surface area contributed by atoms with Crippen LogP contribution in [0.2, 0.25) is 0 Å². The fourth-order valence-electron chi connectivity index (χ4n) is 1.45. The van der Waals surface area contributed by atoms with Gasteiger partial charge in [0.1, 0.15) is 11.8 Å². The molecule has 0 atom stereocenters. The van der Waals surface area contributed by atoms with E-state index >= 15 is 0 Å². The Morgan fingerprint density at radius 2 is 2.22 bits per heavy atom. The highest BCUT2D eigenvalue weighted by Crippen LogP contribution is 2.17. The van der Waals surface area contributed by atoms with Crippen LogP contribution >= 0.6 is 0 Å². The standard InChI is InChI=1S/C13H17N3O2/c1-15-13(17)6-8-16-10-11-4-2-3-5-12(11)18-9-7-14/h2-5,16H,6,8-10H2,1H3,(H,15,17). The Balaban J connectivity index is 2.41. The Labute approximate surface area is 107 Å². The average molecular weight is 247 g/mol. The van der Waals surface area contributed by atoms with Crippen LogP contribution in [0.15, 0.2) is 24.3 Å². The van der Waals surface area contributed by atoms with Crippen LogP contribution in [0.5, 0.6) is 5.75 Å². The number of benzene rings is 1. The number of hydrogen-bond donors (Lipinski definition) is 2. The molecular formula is C13H17N3O2. The fraction of sp³-hybridized carbons (Fsp3) is 0.385. The molecule has 1 aromatic carbocycles. The number of carbonyl (C=O) groups is 1. The van der Waals surface area contributed by atoms with Gasteiger partial charge >= 0.3 is 0 Å². The second kappa shape index (κ2) is 8.09. The number of rotatable bonds is 7. The summed E-state index contributed by atoms with van der Waals surface area (Å²) in [6.07, 6.45) is 0.442. The molecule has 5 nitrogen and oxygen atoms in total. The number of ether oxygens (including phenoxy) is 1. The molecule has 96 valence electrons. The van der Waals surface area contributed by atoms with Crippen molar-refractivity contribution in [1.82, 2.24) is 10.6 Å². The molecule has 18 heavy (non-hydrogen) atoms. The van der Waals surface area contributed by atoms with Crippen LogP contribution in [0, 0.1) is 11.3 Å². The minimum atomic E-state index is 0.0107. The summed E-state index contributed by atoms with van der Waals surface area (Å²) in [5.74, 6) is 0.711. The molecule has 5 heteroatoms. The van der Waals surface area contributed by atoms with Gasteiger partial charge in [0.15, 0.2) is 6.61 Å². The molecule has 0 saturated heterocycles. The quantitative estimate of drug-likeness (QED) is 0.699. The number of carbonyl (C=O) groups excluding carboxylic acids is 1. The maximum Gasteiger partial charge on any atom is 0.221 e. The number of nitriles is 1. The minimum absolute atomic E-state index is 0.0107. The molecule has 0 aliphatic rings. The summed E-state index contributed by atoms with van der Waals surface area (Å²) < 4.78 is 5.31. The molecule has 0 aromatic heterocycles. The molecule has 1 rings (SSSR count). The van der Waals surface area contributed by atoms with Crippen molar-refractivity contribution in [2.45, 2.75) is 13.0 Å². The summed E-state index contributed by atoms with van der Waals surface area (Å²) in [7, 11) is 1.62. The van der Waals surface area contributed by atoms with Crippen molar-refractivity contribution in [2.75, 3.05) is 20.2 Å². The van der Waals surface area contributed by atoms with Gasteiger partial charge in [0.2, 0.25) is 5.91 Å². The summed E-state index contributed by atoms with van der Waals surface area (Å²) >= 11 is 0. The average Bonchev–Trinajstić information content (AvgIpc) is 2.42. The lowest BCUT2D eigenvalue weighted by atomic mass is 10.2. The van der Waals surface area contributed by atoms with Gasteiger partial charge in [0.25, 0.3) is 0 Å². The normalized spacial score (nSPS) is 9.56. The summed E-state index contributed by atoms with van der Waals surface area (Å²) in [5.41, 5.74) is 0.977. The summed E-state index contributed by atoms with van der Waals surface area (Å²) in [6, 6.07) is 9.47. The van der Waals surface area contributed by atoms with Crippen LogP contribution in [0.1, 0.15) is 12.0 Å². The van der Waals surface area contributed by atoms with E-state index in [0.29, 0.717) is 25.3 Å². The SMILES string of the molecule is CNC(=O)CCNCc1ccccc1OCC#N. The van der Waals surface area contributed by atoms with E-state index < -0.39 is 0 Å². The highest BCUT2D eigenvalue weighted by atomic mass is 16.5. The van der Waals surface area contributed by atoms with Crippen molar-refractivity contribution in [3.63, 3.8) is 0 Å². The molecular weight excluding hydrogens is 230 g/mol. The Bertz CT molecular complexity index is 426. The van der Waals surface area contributed by atoms with Gasteiger partial charge in [0, 0.05) is 32.1 Å². The van der Waals surface area contributed by atoms with Crippen molar-refractivity contribution in [3.8, 4) is 11.8 Å². The van der Waals surface area contributed by atoms with Gasteiger partial charge in [-0.25, -0.2) is 0 Å². The molecule has 0 aliphatic carbocycles. The van der Waals surface area contributed by atoms with E-state index in [1.807, 2.05) is 30.3 Å². The minimum Gasteiger partial charge on any atom is -0.478 e. The van der Waals surface area contributed by atoms with E-state index in [1.54, 1.807) is 7.05 Å². The van der Waals surface area contributed by atoms with Gasteiger partial charge in [-0.05, 0) is 6.07 Å². The third-order valence-electron chi connectivity index (χ3n) is 2.39. The Kier molecular flexibility index (Phi) is 6.30. The highest BCUT2D eigenvalue weighted by molar-refractivity contribution is 5.75. The number of para-hydroxylation sites is 1. The van der Waals surface area contributed by atoms with E-state index in [1.165, 1.54) is 0 Å². The van der Waals surface area contributed by atoms with Crippen molar-refractivity contribution in [2.24, 2.45) is 0 Å². The first kappa shape index (κ1) is 14.0. The summed E-state index contributed by atoms with van der Waals surface area (Å²) in [5, 5.41) is 14.2. The summed E-state index contributed by atoms with van der Waals surface area (Å²) in [4.78, 5) is 11.0. The van der Waals surface area contributed by atoms with Crippen molar-refractivity contribution in [1.29, 1.82) is 5.26 Å². The van der Waals surface area contributed by atoms with Crippen LogP contribution in [0.4, 0.5) is 0 Å². The first-order valence-corrected chi connectivity index (χ1v) is 5.77. The van der Waals surface area contributed by atoms with Crippen LogP contribution in [0.3, 0.4) is 0 Å². The van der Waals surface area contributed by atoms with Gasteiger partial charge < -0.3 is 15.4 Å². The molecule has 2 N–H and O–H groups in total. The smallest absolute Gasteiger partial charge is 0.221 e. The number of amides is 1. The van der Waals surface area contributed by atoms with E-state index in [4.69, 9.17) is 10.00 Å². The Morgan fingerprint density at radius 1 is 1.44 bits per heavy atom. The lowest BCUT2D eigenvalue weighted by molar-refractivity contribution is -0.120. The zero-order chi connectivity index (χ0) is 13.2. The first-order chi connectivity index (χ1) is 8.77. The Morgan fingerprint density at radius 3 is 2.94 bits per heavy atom. The van der Waals surface area contributed by atoms with Gasteiger partial charge in [-0.2, -0.15) is 5.26 Å². The molecule has 0 saturated carbocycles. The lowest BCUT2D eigenvalue weighted by Crippen LogP contribution is -2.24. The first-order valence-electron chi connectivity index (χ1n) is 5.77. The van der Waals surface area contributed by atoms with Crippen LogP contribution in [-0.2, 0) is 11.3 Å². The number of hydrogen-bond acceptors (Lipinski definition) is 4. The van der Waals surface area contributed by atoms with E-state index in [0.717, 1.165) is 5.56 Å². The van der Waals surface area contributed by atoms with Crippen molar-refractivity contribution >= 4 is 5.91 Å². The molecule has 0 aliphatic heterocycles. The molecule has 0 heterocycles. The second-order valence-corrected chi connectivity index (χ2v) is 3.65. The van der Waals surface area contributed by atoms with E-state index in [-0.39, 0.29) is 12.5 Å². The molecule has 0 radical (unpaired) electrons. The van der Waals surface area contributed by atoms with Crippen molar-refractivity contribution in [3.05, 3.63) is 29.8 Å². The van der Waals surface area contributed by atoms with Crippen LogP contribution in [0.25, 0.3) is 0 Å². The van der Waals surface area contributed by atoms with Crippen molar-refractivity contribution < 1.29 is 9.53 Å². The number of nitrogens with zero attached hydrogens (tertiary/aromatic N) is 1. The van der Waals surface area contributed by atoms with Gasteiger partial charge in [-0.3, -0.25) is 4.79 Å². The Hall–Kier alpha value is -2.06. The summed E-state index contributed by atoms with van der Waals surface area (Å²) in [6.45, 7) is 1.25.